The fourth-order valence-corrected chi connectivity index (χ4v) is 3.99. The number of ether oxygens (including phenoxy) is 3. The molecule has 0 aliphatic heterocycles. The van der Waals surface area contributed by atoms with E-state index in [1.165, 1.54) is 13.2 Å². The molecule has 0 atom stereocenters. The highest BCUT2D eigenvalue weighted by atomic mass is 32.2. The number of aromatic nitrogens is 1. The standard InChI is InChI=1S/C24H22F3NO4S/c1-15-10-22(21(30-2)11-20(15)32-13-23(29)31-3)33-14-16-4-6-17(7-5-16)19-9-8-18(12-28-19)24(25,26)27/h4-12H,13-14H2,1-3H3. The Morgan fingerprint density at radius 3 is 2.33 bits per heavy atom. The van der Waals surface area contributed by atoms with E-state index >= 15 is 0 Å². The molecule has 3 aromatic rings. The molecule has 174 valence electrons. The molecule has 0 saturated heterocycles. The molecule has 0 aliphatic carbocycles. The van der Waals surface area contributed by atoms with E-state index < -0.39 is 17.7 Å². The molecular weight excluding hydrogens is 455 g/mol. The second-order valence-electron chi connectivity index (χ2n) is 7.05. The normalized spacial score (nSPS) is 11.2. The fourth-order valence-electron chi connectivity index (χ4n) is 2.93. The number of hydrogen-bond donors (Lipinski definition) is 0. The molecule has 0 radical (unpaired) electrons. The molecule has 0 N–H and O–H groups in total. The molecule has 0 spiro atoms. The van der Waals surface area contributed by atoms with Gasteiger partial charge in [-0.2, -0.15) is 13.2 Å². The van der Waals surface area contributed by atoms with Crippen LogP contribution in [0.3, 0.4) is 0 Å². The summed E-state index contributed by atoms with van der Waals surface area (Å²) in [6.45, 7) is 1.69. The van der Waals surface area contributed by atoms with Gasteiger partial charge in [-0.1, -0.05) is 24.3 Å². The van der Waals surface area contributed by atoms with E-state index in [1.54, 1.807) is 24.9 Å². The van der Waals surface area contributed by atoms with Crippen molar-refractivity contribution in [3.8, 4) is 22.8 Å². The van der Waals surface area contributed by atoms with Crippen LogP contribution in [-0.2, 0) is 21.5 Å². The number of rotatable bonds is 8. The van der Waals surface area contributed by atoms with Crippen molar-refractivity contribution in [2.24, 2.45) is 0 Å². The van der Waals surface area contributed by atoms with E-state index in [0.29, 0.717) is 22.9 Å². The first-order valence-corrected chi connectivity index (χ1v) is 10.8. The van der Waals surface area contributed by atoms with Gasteiger partial charge in [-0.3, -0.25) is 4.98 Å². The molecule has 0 aliphatic rings. The molecule has 3 rings (SSSR count). The molecule has 0 fully saturated rings. The zero-order chi connectivity index (χ0) is 24.0. The zero-order valence-corrected chi connectivity index (χ0v) is 19.0. The number of nitrogens with zero attached hydrogens (tertiary/aromatic N) is 1. The minimum absolute atomic E-state index is 0.187. The smallest absolute Gasteiger partial charge is 0.417 e. The van der Waals surface area contributed by atoms with Crippen molar-refractivity contribution in [3.05, 3.63) is 71.4 Å². The lowest BCUT2D eigenvalue weighted by molar-refractivity contribution is -0.143. The minimum atomic E-state index is -4.41. The average Bonchev–Trinajstić information content (AvgIpc) is 2.81. The van der Waals surface area contributed by atoms with Crippen LogP contribution in [0.4, 0.5) is 13.2 Å². The lowest BCUT2D eigenvalue weighted by Gasteiger charge is -2.14. The van der Waals surface area contributed by atoms with Crippen LogP contribution in [0.15, 0.2) is 59.6 Å². The Hall–Kier alpha value is -3.20. The average molecular weight is 478 g/mol. The lowest BCUT2D eigenvalue weighted by atomic mass is 10.1. The minimum Gasteiger partial charge on any atom is -0.495 e. The molecule has 0 bridgehead atoms. The quantitative estimate of drug-likeness (QED) is 0.296. The van der Waals surface area contributed by atoms with Crippen molar-refractivity contribution in [1.82, 2.24) is 4.98 Å². The SMILES string of the molecule is COC(=O)COc1cc(OC)c(SCc2ccc(-c3ccc(C(F)(F)F)cn3)cc2)cc1C. The third kappa shape index (κ3) is 6.41. The van der Waals surface area contributed by atoms with Gasteiger partial charge in [-0.05, 0) is 36.2 Å². The summed E-state index contributed by atoms with van der Waals surface area (Å²) in [6, 6.07) is 13.5. The first kappa shape index (κ1) is 24.4. The van der Waals surface area contributed by atoms with Crippen molar-refractivity contribution in [2.75, 3.05) is 20.8 Å². The highest BCUT2D eigenvalue weighted by Crippen LogP contribution is 2.37. The van der Waals surface area contributed by atoms with Gasteiger partial charge in [0.25, 0.3) is 0 Å². The number of esters is 1. The number of alkyl halides is 3. The summed E-state index contributed by atoms with van der Waals surface area (Å²) < 4.78 is 53.7. The van der Waals surface area contributed by atoms with Gasteiger partial charge in [0.1, 0.15) is 11.5 Å². The topological polar surface area (TPSA) is 57.7 Å². The predicted octanol–water partition coefficient (Wildman–Crippen LogP) is 5.93. The van der Waals surface area contributed by atoms with Crippen LogP contribution in [0.1, 0.15) is 16.7 Å². The fraction of sp³-hybridized carbons (Fsp3) is 0.250. The zero-order valence-electron chi connectivity index (χ0n) is 18.2. The number of halogens is 3. The third-order valence-corrected chi connectivity index (χ3v) is 5.88. The molecule has 0 saturated carbocycles. The molecule has 0 unspecified atom stereocenters. The predicted molar refractivity (Wildman–Crippen MR) is 119 cm³/mol. The maximum absolute atomic E-state index is 12.7. The first-order valence-electron chi connectivity index (χ1n) is 9.85. The van der Waals surface area contributed by atoms with Crippen LogP contribution >= 0.6 is 11.8 Å². The van der Waals surface area contributed by atoms with Gasteiger partial charge < -0.3 is 14.2 Å². The monoisotopic (exact) mass is 477 g/mol. The van der Waals surface area contributed by atoms with Crippen molar-refractivity contribution < 1.29 is 32.2 Å². The van der Waals surface area contributed by atoms with Crippen molar-refractivity contribution in [2.45, 2.75) is 23.7 Å². The van der Waals surface area contributed by atoms with Crippen LogP contribution in [-0.4, -0.2) is 31.8 Å². The summed E-state index contributed by atoms with van der Waals surface area (Å²) in [6.07, 6.45) is -3.57. The number of carbonyl (C=O) groups is 1. The summed E-state index contributed by atoms with van der Waals surface area (Å²) in [5.74, 6) is 1.34. The molecule has 9 heteroatoms. The molecule has 5 nitrogen and oxygen atoms in total. The summed E-state index contributed by atoms with van der Waals surface area (Å²) in [5.41, 5.74) is 2.32. The van der Waals surface area contributed by atoms with Crippen molar-refractivity contribution in [3.63, 3.8) is 0 Å². The van der Waals surface area contributed by atoms with Crippen LogP contribution in [0, 0.1) is 6.92 Å². The van der Waals surface area contributed by atoms with Crippen LogP contribution in [0.5, 0.6) is 11.5 Å². The number of thioether (sulfide) groups is 1. The maximum atomic E-state index is 12.7. The second-order valence-corrected chi connectivity index (χ2v) is 8.07. The Labute approximate surface area is 193 Å². The van der Waals surface area contributed by atoms with E-state index in [1.807, 2.05) is 37.3 Å². The van der Waals surface area contributed by atoms with Crippen molar-refractivity contribution >= 4 is 17.7 Å². The molecule has 2 aromatic carbocycles. The largest absolute Gasteiger partial charge is 0.495 e. The Kier molecular flexibility index (Phi) is 7.86. The number of benzene rings is 2. The summed E-state index contributed by atoms with van der Waals surface area (Å²) in [5, 5.41) is 0. The van der Waals surface area contributed by atoms with Gasteiger partial charge in [-0.15, -0.1) is 11.8 Å². The maximum Gasteiger partial charge on any atom is 0.417 e. The second kappa shape index (κ2) is 10.6. The van der Waals surface area contributed by atoms with Crippen LogP contribution in [0.25, 0.3) is 11.3 Å². The van der Waals surface area contributed by atoms with Gasteiger partial charge in [0.2, 0.25) is 0 Å². The van der Waals surface area contributed by atoms with Gasteiger partial charge in [0, 0.05) is 23.6 Å². The Morgan fingerprint density at radius 1 is 1.03 bits per heavy atom. The molecule has 1 aromatic heterocycles. The lowest BCUT2D eigenvalue weighted by Crippen LogP contribution is -2.13. The third-order valence-electron chi connectivity index (χ3n) is 4.77. The Balaban J connectivity index is 1.67. The number of aryl methyl sites for hydroxylation is 1. The van der Waals surface area contributed by atoms with Gasteiger partial charge in [0.15, 0.2) is 6.61 Å². The van der Waals surface area contributed by atoms with Crippen LogP contribution in [0.2, 0.25) is 0 Å². The van der Waals surface area contributed by atoms with E-state index in [9.17, 15) is 18.0 Å². The van der Waals surface area contributed by atoms with E-state index in [-0.39, 0.29) is 6.61 Å². The highest BCUT2D eigenvalue weighted by molar-refractivity contribution is 7.98. The number of methoxy groups -OCH3 is 2. The van der Waals surface area contributed by atoms with Crippen LogP contribution < -0.4 is 9.47 Å². The summed E-state index contributed by atoms with van der Waals surface area (Å²) >= 11 is 1.57. The van der Waals surface area contributed by atoms with E-state index in [2.05, 4.69) is 9.72 Å². The van der Waals surface area contributed by atoms with E-state index in [4.69, 9.17) is 9.47 Å². The number of carbonyl (C=O) groups excluding carboxylic acids is 1. The molecule has 0 amide bonds. The summed E-state index contributed by atoms with van der Waals surface area (Å²) in [7, 11) is 2.86. The Bertz CT molecular complexity index is 1100. The molecular formula is C24H22F3NO4S. The number of pyridine rings is 1. The van der Waals surface area contributed by atoms with Gasteiger partial charge in [0.05, 0.1) is 30.4 Å². The Morgan fingerprint density at radius 2 is 1.76 bits per heavy atom. The molecule has 33 heavy (non-hydrogen) atoms. The van der Waals surface area contributed by atoms with Gasteiger partial charge >= 0.3 is 12.1 Å². The molecule has 1 heterocycles. The first-order chi connectivity index (χ1) is 15.7. The van der Waals surface area contributed by atoms with Gasteiger partial charge in [-0.25, -0.2) is 4.79 Å². The van der Waals surface area contributed by atoms with Crippen molar-refractivity contribution in [1.29, 1.82) is 0 Å². The summed E-state index contributed by atoms with van der Waals surface area (Å²) in [4.78, 5) is 16.2. The highest BCUT2D eigenvalue weighted by Gasteiger charge is 2.30. The number of hydrogen-bond acceptors (Lipinski definition) is 6. The van der Waals surface area contributed by atoms with E-state index in [0.717, 1.165) is 33.8 Å².